The molecular weight excluding hydrogens is 221 g/mol. The van der Waals surface area contributed by atoms with E-state index in [1.807, 2.05) is 0 Å². The number of hydrogen-bond acceptors (Lipinski definition) is 1. The van der Waals surface area contributed by atoms with Crippen LogP contribution in [0.1, 0.15) is 15.9 Å². The Bertz CT molecular complexity index is 412. The van der Waals surface area contributed by atoms with Gasteiger partial charge in [0, 0.05) is 0 Å². The fourth-order valence-corrected chi connectivity index (χ4v) is 0.953. The van der Waals surface area contributed by atoms with E-state index in [1.54, 1.807) is 0 Å². The highest BCUT2D eigenvalue weighted by Gasteiger charge is 2.35. The van der Waals surface area contributed by atoms with Crippen LogP contribution in [-0.4, -0.2) is 5.91 Å². The minimum atomic E-state index is -5.01. The van der Waals surface area contributed by atoms with Gasteiger partial charge in [-0.2, -0.15) is 13.2 Å². The van der Waals surface area contributed by atoms with E-state index in [-0.39, 0.29) is 12.1 Å². The van der Waals surface area contributed by atoms with E-state index in [2.05, 4.69) is 5.73 Å². The molecule has 7 heteroatoms. The molecule has 1 amide bonds. The smallest absolute Gasteiger partial charge is 0.366 e. The number of carbonyl (C=O) groups is 1. The molecule has 1 aromatic carbocycles. The maximum absolute atomic E-state index is 12.8. The van der Waals surface area contributed by atoms with Crippen molar-refractivity contribution in [3.8, 4) is 0 Å². The van der Waals surface area contributed by atoms with Crippen molar-refractivity contribution in [2.24, 2.45) is 5.73 Å². The van der Waals surface area contributed by atoms with Crippen LogP contribution in [0.4, 0.5) is 22.0 Å². The van der Waals surface area contributed by atoms with Crippen LogP contribution in [0.15, 0.2) is 12.1 Å². The van der Waals surface area contributed by atoms with Crippen molar-refractivity contribution in [2.75, 3.05) is 0 Å². The first-order valence-corrected chi connectivity index (χ1v) is 3.59. The second-order valence-corrected chi connectivity index (χ2v) is 2.67. The number of alkyl halides is 3. The van der Waals surface area contributed by atoms with Crippen LogP contribution >= 0.6 is 0 Å². The summed E-state index contributed by atoms with van der Waals surface area (Å²) in [4.78, 5) is 10.5. The Hall–Kier alpha value is -1.66. The normalized spacial score (nSPS) is 11.5. The third kappa shape index (κ3) is 2.23. The molecule has 0 aliphatic carbocycles. The Labute approximate surface area is 80.5 Å². The zero-order valence-electron chi connectivity index (χ0n) is 7.03. The molecule has 0 aliphatic rings. The Morgan fingerprint density at radius 2 is 1.67 bits per heavy atom. The van der Waals surface area contributed by atoms with Gasteiger partial charge < -0.3 is 5.73 Å². The number of carbonyl (C=O) groups excluding carboxylic acids is 1. The molecule has 1 rings (SSSR count). The van der Waals surface area contributed by atoms with Crippen molar-refractivity contribution in [3.63, 3.8) is 0 Å². The molecule has 0 spiro atoms. The highest BCUT2D eigenvalue weighted by atomic mass is 19.4. The molecule has 0 saturated carbocycles. The van der Waals surface area contributed by atoms with Gasteiger partial charge in [-0.05, 0) is 12.1 Å². The van der Waals surface area contributed by atoms with Crippen molar-refractivity contribution in [3.05, 3.63) is 34.9 Å². The van der Waals surface area contributed by atoms with Crippen molar-refractivity contribution < 1.29 is 26.7 Å². The number of hydrogen-bond donors (Lipinski definition) is 1. The van der Waals surface area contributed by atoms with Gasteiger partial charge in [0.25, 0.3) is 5.91 Å². The van der Waals surface area contributed by atoms with Crippen LogP contribution in [0.2, 0.25) is 0 Å². The predicted molar refractivity (Wildman–Crippen MR) is 39.9 cm³/mol. The largest absolute Gasteiger partial charge is 0.419 e. The maximum atomic E-state index is 12.8. The molecule has 1 aromatic rings. The average molecular weight is 225 g/mol. The molecule has 0 saturated heterocycles. The first-order valence-electron chi connectivity index (χ1n) is 3.59. The van der Waals surface area contributed by atoms with Crippen LogP contribution in [0, 0.1) is 11.6 Å². The predicted octanol–water partition coefficient (Wildman–Crippen LogP) is 2.08. The van der Waals surface area contributed by atoms with E-state index < -0.39 is 34.8 Å². The Morgan fingerprint density at radius 3 is 2.07 bits per heavy atom. The van der Waals surface area contributed by atoms with Gasteiger partial charge in [0.05, 0.1) is 11.1 Å². The standard InChI is InChI=1S/C8H4F5NO/c9-5-2-4(8(11,12)13)6(10)1-3(5)7(14)15/h1-2H,(H2,14,15). The SMILES string of the molecule is NC(=O)c1cc(F)c(C(F)(F)F)cc1F. The van der Waals surface area contributed by atoms with Crippen molar-refractivity contribution in [2.45, 2.75) is 6.18 Å². The summed E-state index contributed by atoms with van der Waals surface area (Å²) in [6.45, 7) is 0. The van der Waals surface area contributed by atoms with Gasteiger partial charge in [0.15, 0.2) is 0 Å². The third-order valence-corrected chi connectivity index (χ3v) is 1.63. The second kappa shape index (κ2) is 3.48. The minimum absolute atomic E-state index is 0.102. The summed E-state index contributed by atoms with van der Waals surface area (Å²) in [6.07, 6.45) is -5.01. The Balaban J connectivity index is 3.39. The summed E-state index contributed by atoms with van der Waals surface area (Å²) < 4.78 is 61.8. The Kier molecular flexibility index (Phi) is 2.65. The lowest BCUT2D eigenvalue weighted by molar-refractivity contribution is -0.140. The molecule has 0 aromatic heterocycles. The average Bonchev–Trinajstić information content (AvgIpc) is 2.06. The molecule has 0 bridgehead atoms. The van der Waals surface area contributed by atoms with Crippen molar-refractivity contribution >= 4 is 5.91 Å². The highest BCUT2D eigenvalue weighted by molar-refractivity contribution is 5.93. The molecular formula is C8H4F5NO. The van der Waals surface area contributed by atoms with Gasteiger partial charge in [0.2, 0.25) is 0 Å². The van der Waals surface area contributed by atoms with E-state index >= 15 is 0 Å². The monoisotopic (exact) mass is 225 g/mol. The first-order chi connectivity index (χ1) is 6.73. The topological polar surface area (TPSA) is 43.1 Å². The lowest BCUT2D eigenvalue weighted by Gasteiger charge is -2.09. The van der Waals surface area contributed by atoms with Crippen LogP contribution < -0.4 is 5.73 Å². The second-order valence-electron chi connectivity index (χ2n) is 2.67. The summed E-state index contributed by atoms with van der Waals surface area (Å²) in [7, 11) is 0. The number of benzene rings is 1. The zero-order valence-corrected chi connectivity index (χ0v) is 7.03. The third-order valence-electron chi connectivity index (χ3n) is 1.63. The number of primary amides is 1. The first kappa shape index (κ1) is 11.4. The van der Waals surface area contributed by atoms with E-state index in [9.17, 15) is 26.7 Å². The van der Waals surface area contributed by atoms with E-state index in [0.717, 1.165) is 0 Å². The number of halogens is 5. The minimum Gasteiger partial charge on any atom is -0.366 e. The Morgan fingerprint density at radius 1 is 1.13 bits per heavy atom. The van der Waals surface area contributed by atoms with E-state index in [1.165, 1.54) is 0 Å². The summed E-state index contributed by atoms with van der Waals surface area (Å²) in [5, 5.41) is 0. The van der Waals surface area contributed by atoms with E-state index in [4.69, 9.17) is 0 Å². The van der Waals surface area contributed by atoms with Crippen LogP contribution in [-0.2, 0) is 6.18 Å². The molecule has 0 atom stereocenters. The highest BCUT2D eigenvalue weighted by Crippen LogP contribution is 2.32. The van der Waals surface area contributed by atoms with Crippen molar-refractivity contribution in [1.82, 2.24) is 0 Å². The zero-order chi connectivity index (χ0) is 11.8. The maximum Gasteiger partial charge on any atom is 0.419 e. The molecule has 0 aliphatic heterocycles. The van der Waals surface area contributed by atoms with Gasteiger partial charge in [-0.1, -0.05) is 0 Å². The van der Waals surface area contributed by atoms with E-state index in [0.29, 0.717) is 0 Å². The fraction of sp³-hybridized carbons (Fsp3) is 0.125. The molecule has 2 N–H and O–H groups in total. The molecule has 82 valence electrons. The van der Waals surface area contributed by atoms with Crippen LogP contribution in [0.25, 0.3) is 0 Å². The van der Waals surface area contributed by atoms with Gasteiger partial charge in [0.1, 0.15) is 11.6 Å². The molecule has 2 nitrogen and oxygen atoms in total. The molecule has 0 heterocycles. The lowest BCUT2D eigenvalue weighted by atomic mass is 10.1. The van der Waals surface area contributed by atoms with Gasteiger partial charge >= 0.3 is 6.18 Å². The van der Waals surface area contributed by atoms with Gasteiger partial charge in [-0.25, -0.2) is 8.78 Å². The summed E-state index contributed by atoms with van der Waals surface area (Å²) in [5.74, 6) is -4.57. The number of nitrogens with two attached hydrogens (primary N) is 1. The lowest BCUT2D eigenvalue weighted by Crippen LogP contribution is -2.16. The number of rotatable bonds is 1. The number of amides is 1. The molecule has 15 heavy (non-hydrogen) atoms. The fourth-order valence-electron chi connectivity index (χ4n) is 0.953. The van der Waals surface area contributed by atoms with Gasteiger partial charge in [-0.3, -0.25) is 4.79 Å². The van der Waals surface area contributed by atoms with Gasteiger partial charge in [-0.15, -0.1) is 0 Å². The van der Waals surface area contributed by atoms with Crippen LogP contribution in [0.5, 0.6) is 0 Å². The summed E-state index contributed by atoms with van der Waals surface area (Å²) in [5.41, 5.74) is 1.93. The van der Waals surface area contributed by atoms with Crippen LogP contribution in [0.3, 0.4) is 0 Å². The molecule has 0 unspecified atom stereocenters. The summed E-state index contributed by atoms with van der Waals surface area (Å²) in [6, 6.07) is 0.0237. The summed E-state index contributed by atoms with van der Waals surface area (Å²) >= 11 is 0. The molecule has 0 fully saturated rings. The molecule has 0 radical (unpaired) electrons. The van der Waals surface area contributed by atoms with Crippen molar-refractivity contribution in [1.29, 1.82) is 0 Å². The quantitative estimate of drug-likeness (QED) is 0.730.